The van der Waals surface area contributed by atoms with Crippen LogP contribution in [0.5, 0.6) is 0 Å². The largest absolute Gasteiger partial charge is 0.348 e. The first-order valence-corrected chi connectivity index (χ1v) is 4.49. The SMILES string of the molecule is CC(C(=O)N(C)C)c1ccc(F)cc1. The summed E-state index contributed by atoms with van der Waals surface area (Å²) in [5.74, 6) is -0.472. The second-order valence-electron chi connectivity index (χ2n) is 3.51. The Hall–Kier alpha value is -1.38. The molecule has 0 aliphatic rings. The molecule has 1 unspecified atom stereocenters. The van der Waals surface area contributed by atoms with E-state index in [0.717, 1.165) is 5.56 Å². The summed E-state index contributed by atoms with van der Waals surface area (Å²) in [4.78, 5) is 13.1. The number of hydrogen-bond donors (Lipinski definition) is 0. The van der Waals surface area contributed by atoms with E-state index in [4.69, 9.17) is 0 Å². The molecule has 2 nitrogen and oxygen atoms in total. The van der Waals surface area contributed by atoms with E-state index in [2.05, 4.69) is 0 Å². The molecule has 0 bridgehead atoms. The topological polar surface area (TPSA) is 20.3 Å². The molecule has 1 aromatic carbocycles. The highest BCUT2D eigenvalue weighted by Crippen LogP contribution is 2.17. The molecule has 1 rings (SSSR count). The van der Waals surface area contributed by atoms with Crippen LogP contribution in [0.2, 0.25) is 0 Å². The van der Waals surface area contributed by atoms with E-state index < -0.39 is 0 Å². The highest BCUT2D eigenvalue weighted by Gasteiger charge is 2.16. The van der Waals surface area contributed by atoms with Gasteiger partial charge in [-0.05, 0) is 24.6 Å². The molecule has 0 N–H and O–H groups in total. The third-order valence-electron chi connectivity index (χ3n) is 2.18. The molecule has 76 valence electrons. The number of hydrogen-bond acceptors (Lipinski definition) is 1. The number of carbonyl (C=O) groups excluding carboxylic acids is 1. The van der Waals surface area contributed by atoms with Crippen molar-refractivity contribution in [1.29, 1.82) is 0 Å². The first-order chi connectivity index (χ1) is 6.52. The molecule has 0 saturated carbocycles. The van der Waals surface area contributed by atoms with Gasteiger partial charge in [-0.1, -0.05) is 12.1 Å². The Bertz CT molecular complexity index is 319. The Morgan fingerprint density at radius 1 is 1.29 bits per heavy atom. The molecule has 0 radical (unpaired) electrons. The Balaban J connectivity index is 2.84. The monoisotopic (exact) mass is 195 g/mol. The van der Waals surface area contributed by atoms with Gasteiger partial charge in [0.1, 0.15) is 5.82 Å². The second-order valence-corrected chi connectivity index (χ2v) is 3.51. The Morgan fingerprint density at radius 2 is 1.79 bits per heavy atom. The van der Waals surface area contributed by atoms with Gasteiger partial charge in [-0.25, -0.2) is 4.39 Å². The number of likely N-dealkylation sites (N-methyl/N-ethyl adjacent to an activating group) is 1. The predicted molar refractivity (Wildman–Crippen MR) is 53.5 cm³/mol. The van der Waals surface area contributed by atoms with Crippen LogP contribution in [0.1, 0.15) is 18.4 Å². The lowest BCUT2D eigenvalue weighted by molar-refractivity contribution is -0.129. The first kappa shape index (κ1) is 10.7. The maximum atomic E-state index is 12.6. The highest BCUT2D eigenvalue weighted by atomic mass is 19.1. The maximum absolute atomic E-state index is 12.6. The van der Waals surface area contributed by atoms with E-state index in [0.29, 0.717) is 0 Å². The van der Waals surface area contributed by atoms with Crippen LogP contribution >= 0.6 is 0 Å². The van der Waals surface area contributed by atoms with E-state index in [1.54, 1.807) is 26.2 Å². The zero-order valence-corrected chi connectivity index (χ0v) is 8.62. The fourth-order valence-electron chi connectivity index (χ4n) is 1.28. The minimum atomic E-state index is -0.279. The molecule has 0 spiro atoms. The van der Waals surface area contributed by atoms with Crippen LogP contribution in [0.25, 0.3) is 0 Å². The van der Waals surface area contributed by atoms with Gasteiger partial charge in [0.05, 0.1) is 5.92 Å². The minimum Gasteiger partial charge on any atom is -0.348 e. The van der Waals surface area contributed by atoms with Crippen LogP contribution in [0.15, 0.2) is 24.3 Å². The van der Waals surface area contributed by atoms with Gasteiger partial charge in [-0.2, -0.15) is 0 Å². The highest BCUT2D eigenvalue weighted by molar-refractivity contribution is 5.82. The van der Waals surface area contributed by atoms with E-state index in [1.165, 1.54) is 17.0 Å². The molecule has 0 saturated heterocycles. The average molecular weight is 195 g/mol. The summed E-state index contributed by atoms with van der Waals surface area (Å²) in [6.07, 6.45) is 0. The van der Waals surface area contributed by atoms with Gasteiger partial charge in [0, 0.05) is 14.1 Å². The van der Waals surface area contributed by atoms with Crippen molar-refractivity contribution >= 4 is 5.91 Å². The molecule has 0 aliphatic carbocycles. The van der Waals surface area contributed by atoms with Crippen molar-refractivity contribution in [1.82, 2.24) is 4.90 Å². The summed E-state index contributed by atoms with van der Waals surface area (Å²) in [7, 11) is 3.42. The Kier molecular flexibility index (Phi) is 3.23. The van der Waals surface area contributed by atoms with Crippen LogP contribution in [0.4, 0.5) is 4.39 Å². The van der Waals surface area contributed by atoms with Gasteiger partial charge < -0.3 is 4.90 Å². The fourth-order valence-corrected chi connectivity index (χ4v) is 1.28. The van der Waals surface area contributed by atoms with Crippen LogP contribution in [0.3, 0.4) is 0 Å². The fraction of sp³-hybridized carbons (Fsp3) is 0.364. The molecule has 1 amide bonds. The Labute approximate surface area is 83.3 Å². The quantitative estimate of drug-likeness (QED) is 0.707. The molecular formula is C11H14FNO. The van der Waals surface area contributed by atoms with Crippen molar-refractivity contribution < 1.29 is 9.18 Å². The predicted octanol–water partition coefficient (Wildman–Crippen LogP) is 2.02. The molecule has 1 aromatic rings. The van der Waals surface area contributed by atoms with Crippen LogP contribution in [-0.2, 0) is 4.79 Å². The molecule has 3 heteroatoms. The standard InChI is InChI=1S/C11H14FNO/c1-8(11(14)13(2)3)9-4-6-10(12)7-5-9/h4-8H,1-3H3. The number of carbonyl (C=O) groups is 1. The van der Waals surface area contributed by atoms with Crippen LogP contribution in [-0.4, -0.2) is 24.9 Å². The molecular weight excluding hydrogens is 181 g/mol. The van der Waals surface area contributed by atoms with E-state index in [-0.39, 0.29) is 17.6 Å². The average Bonchev–Trinajstić information content (AvgIpc) is 2.16. The summed E-state index contributed by atoms with van der Waals surface area (Å²) >= 11 is 0. The van der Waals surface area contributed by atoms with Gasteiger partial charge in [0.2, 0.25) is 5.91 Å². The lowest BCUT2D eigenvalue weighted by atomic mass is 10.0. The zero-order chi connectivity index (χ0) is 10.7. The Morgan fingerprint density at radius 3 is 2.21 bits per heavy atom. The van der Waals surface area contributed by atoms with E-state index in [9.17, 15) is 9.18 Å². The smallest absolute Gasteiger partial charge is 0.229 e. The summed E-state index contributed by atoms with van der Waals surface area (Å²) in [6, 6.07) is 6.02. The third-order valence-corrected chi connectivity index (χ3v) is 2.18. The molecule has 0 heterocycles. The molecule has 0 aromatic heterocycles. The number of benzene rings is 1. The summed E-state index contributed by atoms with van der Waals surface area (Å²) in [5.41, 5.74) is 0.838. The molecule has 0 fully saturated rings. The molecule has 0 aliphatic heterocycles. The van der Waals surface area contributed by atoms with Crippen molar-refractivity contribution in [3.63, 3.8) is 0 Å². The number of rotatable bonds is 2. The van der Waals surface area contributed by atoms with Crippen molar-refractivity contribution in [2.24, 2.45) is 0 Å². The molecule has 1 atom stereocenters. The summed E-state index contributed by atoms with van der Waals surface area (Å²) in [6.45, 7) is 1.82. The maximum Gasteiger partial charge on any atom is 0.229 e. The minimum absolute atomic E-state index is 0.0246. The van der Waals surface area contributed by atoms with Crippen molar-refractivity contribution in [2.75, 3.05) is 14.1 Å². The lowest BCUT2D eigenvalue weighted by Gasteiger charge is -2.16. The summed E-state index contributed by atoms with van der Waals surface area (Å²) < 4.78 is 12.6. The van der Waals surface area contributed by atoms with Crippen molar-refractivity contribution in [3.8, 4) is 0 Å². The number of halogens is 1. The first-order valence-electron chi connectivity index (χ1n) is 4.49. The van der Waals surface area contributed by atoms with Gasteiger partial charge in [-0.3, -0.25) is 4.79 Å². The molecule has 14 heavy (non-hydrogen) atoms. The van der Waals surface area contributed by atoms with Gasteiger partial charge >= 0.3 is 0 Å². The zero-order valence-electron chi connectivity index (χ0n) is 8.62. The summed E-state index contributed by atoms with van der Waals surface area (Å²) in [5, 5.41) is 0. The number of nitrogens with zero attached hydrogens (tertiary/aromatic N) is 1. The van der Waals surface area contributed by atoms with Crippen LogP contribution in [0, 0.1) is 5.82 Å². The second kappa shape index (κ2) is 4.22. The normalized spacial score (nSPS) is 12.3. The van der Waals surface area contributed by atoms with E-state index in [1.807, 2.05) is 6.92 Å². The van der Waals surface area contributed by atoms with Gasteiger partial charge in [0.25, 0.3) is 0 Å². The van der Waals surface area contributed by atoms with Crippen molar-refractivity contribution in [2.45, 2.75) is 12.8 Å². The van der Waals surface area contributed by atoms with Gasteiger partial charge in [0.15, 0.2) is 0 Å². The van der Waals surface area contributed by atoms with Crippen LogP contribution < -0.4 is 0 Å². The van der Waals surface area contributed by atoms with Crippen molar-refractivity contribution in [3.05, 3.63) is 35.6 Å². The lowest BCUT2D eigenvalue weighted by Crippen LogP contribution is -2.26. The van der Waals surface area contributed by atoms with Gasteiger partial charge in [-0.15, -0.1) is 0 Å². The number of amides is 1. The third kappa shape index (κ3) is 2.31. The van der Waals surface area contributed by atoms with E-state index >= 15 is 0 Å².